The molecule has 56 heavy (non-hydrogen) atoms. The minimum atomic E-state index is -1.26. The average molecular weight is 771 g/mol. The van der Waals surface area contributed by atoms with E-state index in [1.54, 1.807) is 61.5 Å². The van der Waals surface area contributed by atoms with E-state index in [0.717, 1.165) is 11.1 Å². The Morgan fingerprint density at radius 3 is 1.79 bits per heavy atom. The van der Waals surface area contributed by atoms with E-state index in [4.69, 9.17) is 10.5 Å². The molecule has 3 rings (SSSR count). The summed E-state index contributed by atoms with van der Waals surface area (Å²) in [5, 5.41) is 10.8. The lowest BCUT2D eigenvalue weighted by Gasteiger charge is -2.30. The number of hydrogen-bond donors (Lipinski definition) is 2. The summed E-state index contributed by atoms with van der Waals surface area (Å²) in [6.45, 7) is 3.52. The van der Waals surface area contributed by atoms with Crippen molar-refractivity contribution < 1.29 is 43.4 Å². The smallest absolute Gasteiger partial charge is 0.247 e. The largest absolute Gasteiger partial charge is 0.393 e. The molecule has 0 saturated carbocycles. The third-order valence-electron chi connectivity index (χ3n) is 9.60. The zero-order chi connectivity index (χ0) is 41.2. The molecule has 0 aliphatic rings. The maximum atomic E-state index is 14.2. The first-order valence-electron chi connectivity index (χ1n) is 18.7. The molecule has 0 heterocycles. The van der Waals surface area contributed by atoms with Crippen LogP contribution in [0.2, 0.25) is 0 Å². The Hall–Kier alpha value is -5.53. The lowest BCUT2D eigenvalue weighted by atomic mass is 9.81. The standard InChI is InChI=1S/C43H54N4O9/c1-30(43(44)55)22-39(51)35(23-33-14-8-5-9-15-33)24-40(52)38(31(2)48)25-37(50)27-47(36-18-12-7-13-19-36)42(54)29-46(26-34-16-10-6-11-17-34)41(53)28-45(32(3)49)20-21-56-4/h5-19,30-31,35,38,48H,20-29H2,1-4H3,(H2,44,55). The Balaban J connectivity index is 1.85. The fourth-order valence-corrected chi connectivity index (χ4v) is 6.23. The number of Topliss-reactive ketones (excluding diaryl/α,β-unsaturated/α-hetero) is 3. The highest BCUT2D eigenvalue weighted by atomic mass is 16.5. The fraction of sp³-hybridized carbons (Fsp3) is 0.419. The summed E-state index contributed by atoms with van der Waals surface area (Å²) in [7, 11) is 1.48. The Labute approximate surface area is 328 Å². The highest BCUT2D eigenvalue weighted by molar-refractivity contribution is 6.02. The van der Waals surface area contributed by atoms with E-state index in [0.29, 0.717) is 5.69 Å². The second-order valence-corrected chi connectivity index (χ2v) is 14.1. The van der Waals surface area contributed by atoms with Gasteiger partial charge in [-0.15, -0.1) is 0 Å². The molecular formula is C43H54N4O9. The van der Waals surface area contributed by atoms with Crippen LogP contribution in [0.4, 0.5) is 5.69 Å². The number of rotatable bonds is 24. The highest BCUT2D eigenvalue weighted by Crippen LogP contribution is 2.24. The van der Waals surface area contributed by atoms with Crippen LogP contribution in [0, 0.1) is 17.8 Å². The number of nitrogens with zero attached hydrogens (tertiary/aromatic N) is 3. The summed E-state index contributed by atoms with van der Waals surface area (Å²) in [6.07, 6.45) is -1.90. The molecule has 0 fully saturated rings. The number of ether oxygens (including phenoxy) is 1. The number of ketones is 3. The van der Waals surface area contributed by atoms with E-state index in [9.17, 15) is 38.7 Å². The van der Waals surface area contributed by atoms with Gasteiger partial charge in [0.25, 0.3) is 0 Å². The van der Waals surface area contributed by atoms with Crippen LogP contribution in [0.1, 0.15) is 51.2 Å². The number of aliphatic hydroxyl groups is 1. The van der Waals surface area contributed by atoms with Crippen LogP contribution in [0.3, 0.4) is 0 Å². The van der Waals surface area contributed by atoms with Gasteiger partial charge in [-0.05, 0) is 36.6 Å². The summed E-state index contributed by atoms with van der Waals surface area (Å²) in [6, 6.07) is 26.5. The summed E-state index contributed by atoms with van der Waals surface area (Å²) in [5.74, 6) is -6.17. The fourth-order valence-electron chi connectivity index (χ4n) is 6.23. The van der Waals surface area contributed by atoms with Gasteiger partial charge in [-0.25, -0.2) is 0 Å². The first kappa shape index (κ1) is 44.9. The lowest BCUT2D eigenvalue weighted by Crippen LogP contribution is -2.48. The van der Waals surface area contributed by atoms with Crippen LogP contribution in [0.25, 0.3) is 0 Å². The van der Waals surface area contributed by atoms with Crippen molar-refractivity contribution in [1.29, 1.82) is 0 Å². The van der Waals surface area contributed by atoms with Gasteiger partial charge in [-0.2, -0.15) is 0 Å². The van der Waals surface area contributed by atoms with Crippen molar-refractivity contribution in [3.05, 3.63) is 102 Å². The van der Waals surface area contributed by atoms with E-state index < -0.39 is 72.7 Å². The molecule has 4 amide bonds. The number of primary amides is 1. The van der Waals surface area contributed by atoms with Gasteiger partial charge in [0.05, 0.1) is 31.7 Å². The molecule has 13 nitrogen and oxygen atoms in total. The number of amides is 4. The van der Waals surface area contributed by atoms with E-state index in [1.807, 2.05) is 36.4 Å². The predicted octanol–water partition coefficient (Wildman–Crippen LogP) is 3.40. The Bertz CT molecular complexity index is 1770. The van der Waals surface area contributed by atoms with E-state index in [-0.39, 0.29) is 57.2 Å². The van der Waals surface area contributed by atoms with Crippen molar-refractivity contribution in [3.63, 3.8) is 0 Å². The monoisotopic (exact) mass is 770 g/mol. The molecular weight excluding hydrogens is 716 g/mol. The zero-order valence-electron chi connectivity index (χ0n) is 32.7. The molecule has 4 unspecified atom stereocenters. The predicted molar refractivity (Wildman–Crippen MR) is 211 cm³/mol. The maximum Gasteiger partial charge on any atom is 0.247 e. The van der Waals surface area contributed by atoms with Crippen LogP contribution in [0.15, 0.2) is 91.0 Å². The third-order valence-corrected chi connectivity index (χ3v) is 9.60. The number of anilines is 1. The van der Waals surface area contributed by atoms with Crippen molar-refractivity contribution in [2.24, 2.45) is 23.5 Å². The Morgan fingerprint density at radius 2 is 1.25 bits per heavy atom. The molecule has 300 valence electrons. The van der Waals surface area contributed by atoms with Gasteiger partial charge in [0.15, 0.2) is 5.78 Å². The van der Waals surface area contributed by atoms with E-state index >= 15 is 0 Å². The molecule has 0 spiro atoms. The summed E-state index contributed by atoms with van der Waals surface area (Å²) in [5.41, 5.74) is 7.33. The SMILES string of the molecule is COCCN(CC(=O)N(CC(=O)N(CC(=O)CC(C(=O)CC(Cc1ccccc1)C(=O)CC(C)C(N)=O)C(C)O)c1ccccc1)Cc1ccccc1)C(C)=O. The number of aliphatic hydroxyl groups excluding tert-OH is 1. The topological polar surface area (TPSA) is 185 Å². The molecule has 0 saturated heterocycles. The van der Waals surface area contributed by atoms with E-state index in [2.05, 4.69) is 0 Å². The first-order chi connectivity index (χ1) is 26.7. The molecule has 0 aliphatic carbocycles. The molecule has 13 heteroatoms. The van der Waals surface area contributed by atoms with Crippen molar-refractivity contribution in [1.82, 2.24) is 9.80 Å². The van der Waals surface area contributed by atoms with Crippen molar-refractivity contribution in [2.75, 3.05) is 44.8 Å². The second kappa shape index (κ2) is 22.8. The first-order valence-corrected chi connectivity index (χ1v) is 18.7. The van der Waals surface area contributed by atoms with Gasteiger partial charge in [0.1, 0.15) is 18.1 Å². The van der Waals surface area contributed by atoms with Gasteiger partial charge < -0.3 is 30.3 Å². The van der Waals surface area contributed by atoms with Crippen LogP contribution in [0.5, 0.6) is 0 Å². The molecule has 0 radical (unpaired) electrons. The van der Waals surface area contributed by atoms with Gasteiger partial charge in [0.2, 0.25) is 23.6 Å². The average Bonchev–Trinajstić information content (AvgIpc) is 3.17. The second-order valence-electron chi connectivity index (χ2n) is 14.1. The molecule has 3 N–H and O–H groups in total. The number of hydrogen-bond acceptors (Lipinski definition) is 9. The molecule has 3 aromatic carbocycles. The van der Waals surface area contributed by atoms with Crippen LogP contribution in [-0.4, -0.2) is 102 Å². The number of carbonyl (C=O) groups is 7. The number of nitrogens with two attached hydrogens (primary N) is 1. The van der Waals surface area contributed by atoms with Crippen molar-refractivity contribution in [3.8, 4) is 0 Å². The maximum absolute atomic E-state index is 14.2. The summed E-state index contributed by atoms with van der Waals surface area (Å²) in [4.78, 5) is 96.8. The van der Waals surface area contributed by atoms with E-state index in [1.165, 1.54) is 35.7 Å². The van der Waals surface area contributed by atoms with Gasteiger partial charge >= 0.3 is 0 Å². The van der Waals surface area contributed by atoms with Crippen molar-refractivity contribution >= 4 is 46.7 Å². The van der Waals surface area contributed by atoms with Gasteiger partial charge in [-0.3, -0.25) is 33.6 Å². The molecule has 0 aliphatic heterocycles. The number of methoxy groups -OCH3 is 1. The quantitative estimate of drug-likeness (QED) is 0.138. The molecule has 0 bridgehead atoms. The summed E-state index contributed by atoms with van der Waals surface area (Å²) < 4.78 is 5.10. The third kappa shape index (κ3) is 14.6. The van der Waals surface area contributed by atoms with Gasteiger partial charge in [0, 0.05) is 63.9 Å². The number of benzene rings is 3. The van der Waals surface area contributed by atoms with Crippen LogP contribution < -0.4 is 10.6 Å². The number of para-hydroxylation sites is 1. The van der Waals surface area contributed by atoms with Crippen LogP contribution in [-0.2, 0) is 51.3 Å². The lowest BCUT2D eigenvalue weighted by molar-refractivity contribution is -0.141. The number of carbonyl (C=O) groups excluding carboxylic acids is 7. The molecule has 3 aromatic rings. The van der Waals surface area contributed by atoms with Crippen LogP contribution >= 0.6 is 0 Å². The Kier molecular flexibility index (Phi) is 18.2. The zero-order valence-corrected chi connectivity index (χ0v) is 32.7. The minimum absolute atomic E-state index is 0.0533. The summed E-state index contributed by atoms with van der Waals surface area (Å²) >= 11 is 0. The van der Waals surface area contributed by atoms with Gasteiger partial charge in [-0.1, -0.05) is 85.8 Å². The normalized spacial score (nSPS) is 13.1. The minimum Gasteiger partial charge on any atom is -0.393 e. The highest BCUT2D eigenvalue weighted by Gasteiger charge is 2.33. The van der Waals surface area contributed by atoms with Crippen molar-refractivity contribution in [2.45, 2.75) is 59.1 Å². The Morgan fingerprint density at radius 1 is 0.696 bits per heavy atom. The molecule has 0 aromatic heterocycles. The molecule has 4 atom stereocenters.